The lowest BCUT2D eigenvalue weighted by Crippen LogP contribution is -2.39. The van der Waals surface area contributed by atoms with E-state index in [1.54, 1.807) is 0 Å². The fourth-order valence-corrected chi connectivity index (χ4v) is 4.41. The quantitative estimate of drug-likeness (QED) is 0.468. The summed E-state index contributed by atoms with van der Waals surface area (Å²) >= 11 is 3.66. The van der Waals surface area contributed by atoms with Gasteiger partial charge in [-0.3, -0.25) is 10.1 Å². The van der Waals surface area contributed by atoms with E-state index in [2.05, 4.69) is 31.2 Å². The Morgan fingerprint density at radius 3 is 2.58 bits per heavy atom. The van der Waals surface area contributed by atoms with Crippen LogP contribution in [0.1, 0.15) is 29.8 Å². The Morgan fingerprint density at radius 1 is 1.15 bits per heavy atom. The van der Waals surface area contributed by atoms with Gasteiger partial charge in [0.1, 0.15) is 11.3 Å². The van der Waals surface area contributed by atoms with E-state index < -0.39 is 11.5 Å². The molecule has 0 amide bonds. The van der Waals surface area contributed by atoms with Crippen LogP contribution in [0.15, 0.2) is 40.9 Å². The predicted octanol–water partition coefficient (Wildman–Crippen LogP) is 4.75. The third kappa shape index (κ3) is 4.14. The highest BCUT2D eigenvalue weighted by molar-refractivity contribution is 9.10. The van der Waals surface area contributed by atoms with E-state index >= 15 is 0 Å². The Hall–Kier alpha value is -3.17. The Kier molecular flexibility index (Phi) is 5.46. The number of hydrogen-bond donors (Lipinski definition) is 2. The largest absolute Gasteiger partial charge is 0.480 e. The number of halogens is 1. The summed E-state index contributed by atoms with van der Waals surface area (Å²) in [6.07, 6.45) is 1.27. The topological polar surface area (TPSA) is 103 Å². The molecular weight excluding hydrogens is 490 g/mol. The van der Waals surface area contributed by atoms with Crippen molar-refractivity contribution in [3.63, 3.8) is 0 Å². The monoisotopic (exact) mass is 511 g/mol. The summed E-state index contributed by atoms with van der Waals surface area (Å²) in [7, 11) is 0. The second-order valence-corrected chi connectivity index (χ2v) is 8.98. The number of aliphatic carboxylic acids is 1. The van der Waals surface area contributed by atoms with Gasteiger partial charge in [0, 0.05) is 23.5 Å². The molecule has 170 valence electrons. The molecule has 5 rings (SSSR count). The lowest BCUT2D eigenvalue weighted by atomic mass is 10.0. The second-order valence-electron chi connectivity index (χ2n) is 8.18. The van der Waals surface area contributed by atoms with Gasteiger partial charge in [0.05, 0.1) is 4.47 Å². The van der Waals surface area contributed by atoms with E-state index in [9.17, 15) is 9.90 Å². The summed E-state index contributed by atoms with van der Waals surface area (Å²) in [6, 6.07) is 11.7. The van der Waals surface area contributed by atoms with Gasteiger partial charge in [-0.1, -0.05) is 18.2 Å². The minimum absolute atomic E-state index is 0.224. The fraction of sp³-hybridized carbons (Fsp3) is 0.292. The number of fused-ring (bicyclic) bond motifs is 1. The van der Waals surface area contributed by atoms with Crippen molar-refractivity contribution in [3.05, 3.63) is 57.8 Å². The van der Waals surface area contributed by atoms with Gasteiger partial charge in [-0.05, 0) is 71.9 Å². The van der Waals surface area contributed by atoms with Crippen LogP contribution < -0.4 is 19.5 Å². The van der Waals surface area contributed by atoms with Crippen LogP contribution >= 0.6 is 15.9 Å². The van der Waals surface area contributed by atoms with Gasteiger partial charge in [0.2, 0.25) is 6.79 Å². The van der Waals surface area contributed by atoms with E-state index in [0.717, 1.165) is 38.3 Å². The van der Waals surface area contributed by atoms with Crippen molar-refractivity contribution in [1.29, 1.82) is 0 Å². The number of carbonyl (C=O) groups is 1. The third-order valence-corrected chi connectivity index (χ3v) is 6.83. The molecule has 2 aliphatic rings. The molecule has 33 heavy (non-hydrogen) atoms. The normalized spacial score (nSPS) is 15.4. The van der Waals surface area contributed by atoms with E-state index in [4.69, 9.17) is 14.2 Å². The standard InChI is InChI=1S/C24H22BrN3O5/c1-13-17(11-26-24(8-9-24)22(29)30)14(2)28-23(27-13)33-19-5-3-4-16(21(19)25)15-6-7-18-20(10-15)32-12-31-18/h3-7,10,26H,8-9,11-12H2,1-2H3,(H,29,30). The van der Waals surface area contributed by atoms with Gasteiger partial charge in [0.15, 0.2) is 11.5 Å². The van der Waals surface area contributed by atoms with Crippen molar-refractivity contribution < 1.29 is 24.1 Å². The maximum Gasteiger partial charge on any atom is 0.323 e. The van der Waals surface area contributed by atoms with Crippen molar-refractivity contribution in [2.45, 2.75) is 38.8 Å². The minimum Gasteiger partial charge on any atom is -0.480 e. The SMILES string of the molecule is Cc1nc(Oc2cccc(-c3ccc4c(c3)OCO4)c2Br)nc(C)c1CNC1(C(=O)O)CC1. The van der Waals surface area contributed by atoms with Gasteiger partial charge < -0.3 is 19.3 Å². The first kappa shape index (κ1) is 21.7. The lowest BCUT2D eigenvalue weighted by Gasteiger charge is -2.16. The van der Waals surface area contributed by atoms with Crippen LogP contribution in [0.3, 0.4) is 0 Å². The van der Waals surface area contributed by atoms with Crippen molar-refractivity contribution in [2.75, 3.05) is 6.79 Å². The first-order chi connectivity index (χ1) is 15.9. The number of hydrogen-bond acceptors (Lipinski definition) is 7. The minimum atomic E-state index is -0.814. The molecule has 0 saturated heterocycles. The fourth-order valence-electron chi connectivity index (χ4n) is 3.83. The smallest absolute Gasteiger partial charge is 0.323 e. The number of nitrogens with zero attached hydrogens (tertiary/aromatic N) is 2. The zero-order chi connectivity index (χ0) is 23.2. The van der Waals surface area contributed by atoms with E-state index in [0.29, 0.717) is 30.9 Å². The van der Waals surface area contributed by atoms with Crippen molar-refractivity contribution in [2.24, 2.45) is 0 Å². The molecule has 0 radical (unpaired) electrons. The number of nitrogens with one attached hydrogen (secondary N) is 1. The Labute approximate surface area is 199 Å². The summed E-state index contributed by atoms with van der Waals surface area (Å²) in [4.78, 5) is 20.4. The van der Waals surface area contributed by atoms with Crippen LogP contribution in [0.2, 0.25) is 0 Å². The summed E-state index contributed by atoms with van der Waals surface area (Å²) in [5.74, 6) is 1.20. The van der Waals surface area contributed by atoms with Crippen molar-refractivity contribution >= 4 is 21.9 Å². The van der Waals surface area contributed by atoms with Crippen LogP contribution in [-0.2, 0) is 11.3 Å². The van der Waals surface area contributed by atoms with Gasteiger partial charge in [-0.2, -0.15) is 9.97 Å². The molecule has 3 aromatic rings. The Morgan fingerprint density at radius 2 is 1.88 bits per heavy atom. The molecule has 1 saturated carbocycles. The second kappa shape index (κ2) is 8.31. The van der Waals surface area contributed by atoms with Crippen molar-refractivity contribution in [1.82, 2.24) is 15.3 Å². The molecule has 0 bridgehead atoms. The Bertz CT molecular complexity index is 1240. The van der Waals surface area contributed by atoms with Crippen LogP contribution in [0, 0.1) is 13.8 Å². The van der Waals surface area contributed by atoms with Gasteiger partial charge in [0.25, 0.3) is 0 Å². The molecule has 2 N–H and O–H groups in total. The van der Waals surface area contributed by atoms with E-state index in [1.807, 2.05) is 50.2 Å². The summed E-state index contributed by atoms with van der Waals surface area (Å²) in [5, 5.41) is 12.5. The van der Waals surface area contributed by atoms with Crippen LogP contribution in [0.4, 0.5) is 0 Å². The number of carboxylic acid groups (broad SMARTS) is 1. The highest BCUT2D eigenvalue weighted by Gasteiger charge is 2.49. The molecule has 2 aromatic carbocycles. The molecule has 1 aliphatic heterocycles. The zero-order valence-corrected chi connectivity index (χ0v) is 19.7. The highest BCUT2D eigenvalue weighted by atomic mass is 79.9. The molecule has 1 aliphatic carbocycles. The predicted molar refractivity (Wildman–Crippen MR) is 124 cm³/mol. The number of benzene rings is 2. The number of aryl methyl sites for hydroxylation is 2. The number of ether oxygens (including phenoxy) is 3. The zero-order valence-electron chi connectivity index (χ0n) is 18.1. The average Bonchev–Trinajstić information content (AvgIpc) is 3.43. The number of carboxylic acids is 1. The molecule has 8 nitrogen and oxygen atoms in total. The van der Waals surface area contributed by atoms with E-state index in [1.165, 1.54) is 0 Å². The molecular formula is C24H22BrN3O5. The Balaban J connectivity index is 1.37. The molecule has 0 spiro atoms. The molecule has 1 aromatic heterocycles. The maximum atomic E-state index is 11.4. The summed E-state index contributed by atoms with van der Waals surface area (Å²) in [6.45, 7) is 4.36. The summed E-state index contributed by atoms with van der Waals surface area (Å²) < 4.78 is 17.7. The highest BCUT2D eigenvalue weighted by Crippen LogP contribution is 2.41. The van der Waals surface area contributed by atoms with Crippen LogP contribution in [0.25, 0.3) is 11.1 Å². The first-order valence-electron chi connectivity index (χ1n) is 10.6. The third-order valence-electron chi connectivity index (χ3n) is 6.01. The van der Waals surface area contributed by atoms with Gasteiger partial charge in [-0.25, -0.2) is 0 Å². The molecule has 9 heteroatoms. The average molecular weight is 512 g/mol. The molecule has 0 atom stereocenters. The van der Waals surface area contributed by atoms with Gasteiger partial charge >= 0.3 is 12.0 Å². The molecule has 2 heterocycles. The first-order valence-corrected chi connectivity index (χ1v) is 11.3. The maximum absolute atomic E-state index is 11.4. The van der Waals surface area contributed by atoms with Crippen LogP contribution in [-0.4, -0.2) is 33.4 Å². The number of rotatable bonds is 7. The van der Waals surface area contributed by atoms with E-state index in [-0.39, 0.29) is 12.8 Å². The van der Waals surface area contributed by atoms with Crippen molar-refractivity contribution in [3.8, 4) is 34.4 Å². The lowest BCUT2D eigenvalue weighted by molar-refractivity contribution is -0.140. The molecule has 1 fully saturated rings. The summed E-state index contributed by atoms with van der Waals surface area (Å²) in [5.41, 5.74) is 3.45. The molecule has 0 unspecified atom stereocenters. The van der Waals surface area contributed by atoms with Gasteiger partial charge in [-0.15, -0.1) is 0 Å². The van der Waals surface area contributed by atoms with Crippen LogP contribution in [0.5, 0.6) is 23.3 Å². The number of aromatic nitrogens is 2.